The molecule has 6 nitrogen and oxygen atoms in total. The first kappa shape index (κ1) is 17.5. The molecule has 1 aliphatic rings. The monoisotopic (exact) mass is 350 g/mol. The van der Waals surface area contributed by atoms with E-state index in [-0.39, 0.29) is 11.7 Å². The number of nitrogens with one attached hydrogen (secondary N) is 1. The maximum Gasteiger partial charge on any atom is 0.300 e. The maximum absolute atomic E-state index is 12.7. The van der Waals surface area contributed by atoms with Gasteiger partial charge in [-0.25, -0.2) is 0 Å². The molecule has 0 bridgehead atoms. The molecule has 26 heavy (non-hydrogen) atoms. The molecule has 0 radical (unpaired) electrons. The van der Waals surface area contributed by atoms with Gasteiger partial charge in [-0.3, -0.25) is 24.1 Å². The number of nitrogens with zero attached hydrogens (tertiary/aromatic N) is 1. The zero-order chi connectivity index (χ0) is 18.8. The molecule has 1 atom stereocenters. The number of fused-ring (bicyclic) bond motifs is 1. The third kappa shape index (κ3) is 3.01. The van der Waals surface area contributed by atoms with Gasteiger partial charge in [0.05, 0.1) is 11.3 Å². The summed E-state index contributed by atoms with van der Waals surface area (Å²) in [6, 6.07) is 12.4. The number of ketones is 2. The lowest BCUT2D eigenvalue weighted by Gasteiger charge is -2.26. The van der Waals surface area contributed by atoms with Crippen molar-refractivity contribution in [1.29, 1.82) is 0 Å². The molecule has 2 aromatic carbocycles. The van der Waals surface area contributed by atoms with Gasteiger partial charge in [0, 0.05) is 11.3 Å². The second kappa shape index (κ2) is 6.92. The Morgan fingerprint density at radius 2 is 1.69 bits per heavy atom. The Labute approximate surface area is 150 Å². The van der Waals surface area contributed by atoms with Gasteiger partial charge in [0.15, 0.2) is 5.78 Å². The molecular weight excluding hydrogens is 332 g/mol. The molecule has 1 unspecified atom stereocenters. The first-order valence-electron chi connectivity index (χ1n) is 8.32. The van der Waals surface area contributed by atoms with Crippen molar-refractivity contribution >= 4 is 34.8 Å². The van der Waals surface area contributed by atoms with Crippen molar-refractivity contribution in [2.45, 2.75) is 26.3 Å². The van der Waals surface area contributed by atoms with Gasteiger partial charge in [-0.15, -0.1) is 0 Å². The van der Waals surface area contributed by atoms with E-state index in [1.165, 1.54) is 11.8 Å². The second-order valence-corrected chi connectivity index (χ2v) is 6.07. The van der Waals surface area contributed by atoms with Crippen molar-refractivity contribution in [3.8, 4) is 0 Å². The van der Waals surface area contributed by atoms with E-state index in [4.69, 9.17) is 0 Å². The number of para-hydroxylation sites is 1. The van der Waals surface area contributed by atoms with Crippen LogP contribution < -0.4 is 10.2 Å². The SMILES string of the molecule is CCC(C(=O)Nc1ccc(C(C)=O)cc1)N1C(=O)C(=O)c2ccccc21. The number of Topliss-reactive ketones (excluding diaryl/α,β-unsaturated/α-hetero) is 2. The van der Waals surface area contributed by atoms with Gasteiger partial charge >= 0.3 is 0 Å². The van der Waals surface area contributed by atoms with Crippen LogP contribution in [0.4, 0.5) is 11.4 Å². The van der Waals surface area contributed by atoms with Gasteiger partial charge < -0.3 is 5.32 Å². The average molecular weight is 350 g/mol. The van der Waals surface area contributed by atoms with Crippen LogP contribution in [0.1, 0.15) is 41.0 Å². The Morgan fingerprint density at radius 1 is 1.04 bits per heavy atom. The van der Waals surface area contributed by atoms with Crippen LogP contribution in [0.2, 0.25) is 0 Å². The number of hydrogen-bond acceptors (Lipinski definition) is 4. The smallest absolute Gasteiger partial charge is 0.300 e. The molecule has 2 amide bonds. The van der Waals surface area contributed by atoms with E-state index in [1.807, 2.05) is 0 Å². The zero-order valence-electron chi connectivity index (χ0n) is 14.5. The van der Waals surface area contributed by atoms with Crippen LogP contribution in [0.25, 0.3) is 0 Å². The highest BCUT2D eigenvalue weighted by molar-refractivity contribution is 6.52. The highest BCUT2D eigenvalue weighted by atomic mass is 16.2. The summed E-state index contributed by atoms with van der Waals surface area (Å²) in [6.45, 7) is 3.25. The van der Waals surface area contributed by atoms with Gasteiger partial charge in [-0.05, 0) is 49.7 Å². The van der Waals surface area contributed by atoms with Crippen LogP contribution in [0, 0.1) is 0 Å². The van der Waals surface area contributed by atoms with Crippen LogP contribution in [0.3, 0.4) is 0 Å². The quantitative estimate of drug-likeness (QED) is 0.664. The minimum Gasteiger partial charge on any atom is -0.324 e. The Bertz CT molecular complexity index is 902. The fraction of sp³-hybridized carbons (Fsp3) is 0.200. The van der Waals surface area contributed by atoms with Crippen molar-refractivity contribution < 1.29 is 19.2 Å². The van der Waals surface area contributed by atoms with Gasteiger partial charge in [0.25, 0.3) is 11.7 Å². The predicted molar refractivity (Wildman–Crippen MR) is 97.4 cm³/mol. The van der Waals surface area contributed by atoms with E-state index in [0.717, 1.165) is 0 Å². The summed E-state index contributed by atoms with van der Waals surface area (Å²) in [6.07, 6.45) is 0.352. The molecule has 1 N–H and O–H groups in total. The molecule has 3 rings (SSSR count). The lowest BCUT2D eigenvalue weighted by Crippen LogP contribution is -2.46. The maximum atomic E-state index is 12.7. The summed E-state index contributed by atoms with van der Waals surface area (Å²) in [5.41, 5.74) is 1.83. The zero-order valence-corrected chi connectivity index (χ0v) is 14.5. The summed E-state index contributed by atoms with van der Waals surface area (Å²) in [5, 5.41) is 2.75. The molecular formula is C20H18N2O4. The fourth-order valence-electron chi connectivity index (χ4n) is 3.02. The van der Waals surface area contributed by atoms with Gasteiger partial charge in [-0.1, -0.05) is 19.1 Å². The van der Waals surface area contributed by atoms with Gasteiger partial charge in [-0.2, -0.15) is 0 Å². The van der Waals surface area contributed by atoms with Crippen molar-refractivity contribution in [2.24, 2.45) is 0 Å². The number of amides is 2. The van der Waals surface area contributed by atoms with Crippen LogP contribution in [0.5, 0.6) is 0 Å². The number of anilines is 2. The number of benzene rings is 2. The summed E-state index contributed by atoms with van der Waals surface area (Å²) in [4.78, 5) is 49.9. The molecule has 0 spiro atoms. The third-order valence-corrected chi connectivity index (χ3v) is 4.38. The van der Waals surface area contributed by atoms with E-state index in [2.05, 4.69) is 5.32 Å². The van der Waals surface area contributed by atoms with Crippen LogP contribution in [0.15, 0.2) is 48.5 Å². The molecule has 1 aliphatic heterocycles. The Balaban J connectivity index is 1.84. The highest BCUT2D eigenvalue weighted by Gasteiger charge is 2.41. The summed E-state index contributed by atoms with van der Waals surface area (Å²) < 4.78 is 0. The molecule has 132 valence electrons. The summed E-state index contributed by atoms with van der Waals surface area (Å²) in [5.74, 6) is -1.74. The molecule has 0 saturated heterocycles. The molecule has 0 aliphatic carbocycles. The van der Waals surface area contributed by atoms with Crippen molar-refractivity contribution in [2.75, 3.05) is 10.2 Å². The number of carbonyl (C=O) groups is 4. The van der Waals surface area contributed by atoms with E-state index in [9.17, 15) is 19.2 Å². The molecule has 6 heteroatoms. The van der Waals surface area contributed by atoms with E-state index < -0.39 is 17.7 Å². The van der Waals surface area contributed by atoms with Crippen molar-refractivity contribution in [3.63, 3.8) is 0 Å². The average Bonchev–Trinajstić information content (AvgIpc) is 2.88. The standard InChI is InChI=1S/C20H18N2O4/c1-3-16(19(25)21-14-10-8-13(9-11-14)12(2)23)22-17-7-5-4-6-15(17)18(24)20(22)26/h4-11,16H,3H2,1-2H3,(H,21,25). The van der Waals surface area contributed by atoms with Crippen LogP contribution >= 0.6 is 0 Å². The van der Waals surface area contributed by atoms with E-state index in [0.29, 0.717) is 28.9 Å². The van der Waals surface area contributed by atoms with Crippen molar-refractivity contribution in [1.82, 2.24) is 0 Å². The highest BCUT2D eigenvalue weighted by Crippen LogP contribution is 2.31. The number of hydrogen-bond donors (Lipinski definition) is 1. The molecule has 1 heterocycles. The minimum atomic E-state index is -0.803. The van der Waals surface area contributed by atoms with Crippen LogP contribution in [-0.4, -0.2) is 29.4 Å². The lowest BCUT2D eigenvalue weighted by atomic mass is 10.1. The molecule has 0 fully saturated rings. The van der Waals surface area contributed by atoms with E-state index >= 15 is 0 Å². The Kier molecular flexibility index (Phi) is 4.67. The third-order valence-electron chi connectivity index (χ3n) is 4.38. The minimum absolute atomic E-state index is 0.0629. The Morgan fingerprint density at radius 3 is 2.31 bits per heavy atom. The number of carbonyl (C=O) groups excluding carboxylic acids is 4. The lowest BCUT2D eigenvalue weighted by molar-refractivity contribution is -0.121. The predicted octanol–water partition coefficient (Wildman–Crippen LogP) is 2.84. The normalized spacial score (nSPS) is 14.2. The van der Waals surface area contributed by atoms with Crippen LogP contribution in [-0.2, 0) is 9.59 Å². The molecule has 0 aromatic heterocycles. The first-order valence-corrected chi connectivity index (χ1v) is 8.32. The first-order chi connectivity index (χ1) is 12.4. The summed E-state index contributed by atoms with van der Waals surface area (Å²) >= 11 is 0. The topological polar surface area (TPSA) is 83.6 Å². The number of rotatable bonds is 5. The molecule has 0 saturated carbocycles. The fourth-order valence-corrected chi connectivity index (χ4v) is 3.02. The van der Waals surface area contributed by atoms with Gasteiger partial charge in [0.1, 0.15) is 6.04 Å². The Hall–Kier alpha value is -3.28. The summed E-state index contributed by atoms with van der Waals surface area (Å²) in [7, 11) is 0. The second-order valence-electron chi connectivity index (χ2n) is 6.07. The molecule has 2 aromatic rings. The largest absolute Gasteiger partial charge is 0.324 e. The van der Waals surface area contributed by atoms with Gasteiger partial charge in [0.2, 0.25) is 5.91 Å². The van der Waals surface area contributed by atoms with E-state index in [1.54, 1.807) is 55.5 Å². The van der Waals surface area contributed by atoms with Crippen molar-refractivity contribution in [3.05, 3.63) is 59.7 Å².